The van der Waals surface area contributed by atoms with Gasteiger partial charge in [-0.25, -0.2) is 10.3 Å². The fourth-order valence-corrected chi connectivity index (χ4v) is 3.56. The molecule has 0 saturated heterocycles. The van der Waals surface area contributed by atoms with Crippen LogP contribution in [-0.2, 0) is 9.53 Å². The second-order valence-electron chi connectivity index (χ2n) is 7.46. The SMILES string of the molecule is O=C(/C=C/CCC[C@@H](OC(=O)Nc1cccc2ccccc12)c1ccccc1OCCO)NO. The first-order valence-corrected chi connectivity index (χ1v) is 11.0. The lowest BCUT2D eigenvalue weighted by Gasteiger charge is -2.21. The molecule has 3 aromatic rings. The molecule has 0 saturated carbocycles. The lowest BCUT2D eigenvalue weighted by molar-refractivity contribution is -0.124. The number of hydrogen-bond donors (Lipinski definition) is 4. The van der Waals surface area contributed by atoms with Crippen LogP contribution in [0.4, 0.5) is 10.5 Å². The maximum Gasteiger partial charge on any atom is 0.412 e. The second-order valence-corrected chi connectivity index (χ2v) is 7.46. The van der Waals surface area contributed by atoms with Crippen LogP contribution in [0.1, 0.15) is 30.9 Å². The van der Waals surface area contributed by atoms with E-state index in [1.165, 1.54) is 11.6 Å². The van der Waals surface area contributed by atoms with Crippen molar-refractivity contribution in [3.63, 3.8) is 0 Å². The third-order valence-corrected chi connectivity index (χ3v) is 5.11. The molecule has 0 bridgehead atoms. The van der Waals surface area contributed by atoms with E-state index in [4.69, 9.17) is 19.8 Å². The van der Waals surface area contributed by atoms with Gasteiger partial charge in [0.05, 0.1) is 12.3 Å². The maximum atomic E-state index is 12.9. The number of anilines is 1. The predicted octanol–water partition coefficient (Wildman–Crippen LogP) is 4.73. The van der Waals surface area contributed by atoms with Crippen LogP contribution in [-0.4, -0.2) is 35.5 Å². The number of aliphatic hydroxyl groups is 1. The van der Waals surface area contributed by atoms with Crippen molar-refractivity contribution in [2.45, 2.75) is 25.4 Å². The van der Waals surface area contributed by atoms with E-state index < -0.39 is 18.1 Å². The van der Waals surface area contributed by atoms with Crippen molar-refractivity contribution in [3.8, 4) is 5.75 Å². The molecule has 0 aliphatic carbocycles. The molecule has 8 heteroatoms. The van der Waals surface area contributed by atoms with Gasteiger partial charge in [0.1, 0.15) is 18.5 Å². The van der Waals surface area contributed by atoms with Crippen LogP contribution in [0.2, 0.25) is 0 Å². The van der Waals surface area contributed by atoms with Gasteiger partial charge in [-0.15, -0.1) is 0 Å². The standard InChI is InChI=1S/C26H28N2O6/c29-17-18-33-23-14-7-6-12-21(23)24(15-2-1-3-16-25(30)28-32)34-26(31)27-22-13-8-10-19-9-4-5-11-20(19)22/h3-14,16,24,29,32H,1-2,15,17-18H2,(H,27,31)(H,28,30)/b16-3+/t24-/m1/s1. The minimum atomic E-state index is -0.620. The molecule has 0 fully saturated rings. The Balaban J connectivity index is 1.75. The number of para-hydroxylation sites is 1. The molecular weight excluding hydrogens is 436 g/mol. The molecular formula is C26H28N2O6. The van der Waals surface area contributed by atoms with Gasteiger partial charge in [-0.1, -0.05) is 60.7 Å². The molecule has 2 amide bonds. The molecule has 178 valence electrons. The summed E-state index contributed by atoms with van der Waals surface area (Å²) >= 11 is 0. The topological polar surface area (TPSA) is 117 Å². The van der Waals surface area contributed by atoms with E-state index in [0.717, 1.165) is 10.8 Å². The highest BCUT2D eigenvalue weighted by atomic mass is 16.6. The fraction of sp³-hybridized carbons (Fsp3) is 0.231. The zero-order chi connectivity index (χ0) is 24.2. The second kappa shape index (κ2) is 13.0. The molecule has 0 unspecified atom stereocenters. The first-order chi connectivity index (χ1) is 16.6. The van der Waals surface area contributed by atoms with E-state index in [1.807, 2.05) is 54.6 Å². The molecule has 0 radical (unpaired) electrons. The zero-order valence-corrected chi connectivity index (χ0v) is 18.6. The van der Waals surface area contributed by atoms with E-state index in [1.54, 1.807) is 18.2 Å². The van der Waals surface area contributed by atoms with Gasteiger partial charge < -0.3 is 14.6 Å². The highest BCUT2D eigenvalue weighted by molar-refractivity contribution is 6.00. The summed E-state index contributed by atoms with van der Waals surface area (Å²) in [5.74, 6) is -0.0836. The van der Waals surface area contributed by atoms with Crippen molar-refractivity contribution in [1.82, 2.24) is 5.48 Å². The van der Waals surface area contributed by atoms with Crippen molar-refractivity contribution in [1.29, 1.82) is 0 Å². The number of aliphatic hydroxyl groups excluding tert-OH is 1. The van der Waals surface area contributed by atoms with Gasteiger partial charge in [0, 0.05) is 17.0 Å². The number of hydroxylamine groups is 1. The number of ether oxygens (including phenoxy) is 2. The van der Waals surface area contributed by atoms with Gasteiger partial charge >= 0.3 is 6.09 Å². The lowest BCUT2D eigenvalue weighted by Crippen LogP contribution is -2.18. The Morgan fingerprint density at radius 3 is 2.59 bits per heavy atom. The van der Waals surface area contributed by atoms with Crippen LogP contribution in [0.5, 0.6) is 5.75 Å². The minimum Gasteiger partial charge on any atom is -0.491 e. The van der Waals surface area contributed by atoms with Crippen molar-refractivity contribution in [3.05, 3.63) is 84.4 Å². The number of hydrogen-bond acceptors (Lipinski definition) is 6. The van der Waals surface area contributed by atoms with Gasteiger partial charge in [-0.3, -0.25) is 15.3 Å². The largest absolute Gasteiger partial charge is 0.491 e. The van der Waals surface area contributed by atoms with Crippen molar-refractivity contribution in [2.24, 2.45) is 0 Å². The summed E-state index contributed by atoms with van der Waals surface area (Å²) in [5, 5.41) is 22.4. The number of carbonyl (C=O) groups is 2. The number of unbranched alkanes of at least 4 members (excludes halogenated alkanes) is 1. The van der Waals surface area contributed by atoms with Crippen molar-refractivity contribution >= 4 is 28.5 Å². The van der Waals surface area contributed by atoms with Gasteiger partial charge in [0.2, 0.25) is 0 Å². The molecule has 0 aliphatic heterocycles. The van der Waals surface area contributed by atoms with Gasteiger partial charge in [0.15, 0.2) is 0 Å². The van der Waals surface area contributed by atoms with E-state index in [2.05, 4.69) is 5.32 Å². The third-order valence-electron chi connectivity index (χ3n) is 5.11. The number of rotatable bonds is 11. The van der Waals surface area contributed by atoms with Gasteiger partial charge in [0.25, 0.3) is 5.91 Å². The molecule has 4 N–H and O–H groups in total. The third kappa shape index (κ3) is 7.06. The molecule has 3 rings (SSSR count). The first kappa shape index (κ1) is 24.8. The average Bonchev–Trinajstić information content (AvgIpc) is 2.86. The van der Waals surface area contributed by atoms with Crippen LogP contribution in [0.15, 0.2) is 78.9 Å². The van der Waals surface area contributed by atoms with Crippen molar-refractivity contribution in [2.75, 3.05) is 18.5 Å². The van der Waals surface area contributed by atoms with Crippen LogP contribution in [0.25, 0.3) is 10.8 Å². The van der Waals surface area contributed by atoms with Crippen molar-refractivity contribution < 1.29 is 29.4 Å². The summed E-state index contributed by atoms with van der Waals surface area (Å²) in [5.41, 5.74) is 2.86. The number of fused-ring (bicyclic) bond motifs is 1. The Morgan fingerprint density at radius 2 is 1.76 bits per heavy atom. The number of carbonyl (C=O) groups excluding carboxylic acids is 2. The highest BCUT2D eigenvalue weighted by Crippen LogP contribution is 2.32. The quantitative estimate of drug-likeness (QED) is 0.141. The van der Waals surface area contributed by atoms with Crippen LogP contribution >= 0.6 is 0 Å². The van der Waals surface area contributed by atoms with Gasteiger partial charge in [-0.05, 0) is 36.8 Å². The smallest absolute Gasteiger partial charge is 0.412 e. The molecule has 3 aromatic carbocycles. The number of nitrogens with one attached hydrogen (secondary N) is 2. The molecule has 0 aliphatic rings. The molecule has 0 heterocycles. The highest BCUT2D eigenvalue weighted by Gasteiger charge is 2.21. The molecule has 0 spiro atoms. The Labute approximate surface area is 197 Å². The molecule has 1 atom stereocenters. The summed E-state index contributed by atoms with van der Waals surface area (Å²) in [6, 6.07) is 20.6. The normalized spacial score (nSPS) is 11.8. The Morgan fingerprint density at radius 1 is 1.00 bits per heavy atom. The number of amides is 2. The Hall–Kier alpha value is -3.88. The molecule has 8 nitrogen and oxygen atoms in total. The van der Waals surface area contributed by atoms with E-state index in [0.29, 0.717) is 36.3 Å². The minimum absolute atomic E-state index is 0.116. The lowest BCUT2D eigenvalue weighted by atomic mass is 10.0. The van der Waals surface area contributed by atoms with Gasteiger partial charge in [-0.2, -0.15) is 0 Å². The zero-order valence-electron chi connectivity index (χ0n) is 18.6. The van der Waals surface area contributed by atoms with Crippen LogP contribution < -0.4 is 15.5 Å². The number of benzene rings is 3. The summed E-state index contributed by atoms with van der Waals surface area (Å²) in [7, 11) is 0. The monoisotopic (exact) mass is 464 g/mol. The first-order valence-electron chi connectivity index (χ1n) is 11.0. The predicted molar refractivity (Wildman–Crippen MR) is 129 cm³/mol. The average molecular weight is 465 g/mol. The van der Waals surface area contributed by atoms with Crippen LogP contribution in [0.3, 0.4) is 0 Å². The summed E-state index contributed by atoms with van der Waals surface area (Å²) < 4.78 is 11.5. The Bertz CT molecular complexity index is 1130. The van der Waals surface area contributed by atoms with E-state index in [-0.39, 0.29) is 13.2 Å². The summed E-state index contributed by atoms with van der Waals surface area (Å²) in [6.07, 6.45) is 3.26. The Kier molecular flexibility index (Phi) is 9.45. The number of allylic oxidation sites excluding steroid dienone is 1. The fourth-order valence-electron chi connectivity index (χ4n) is 3.56. The molecule has 0 aromatic heterocycles. The maximum absolute atomic E-state index is 12.9. The summed E-state index contributed by atoms with van der Waals surface area (Å²) in [6.45, 7) is -0.0237. The van der Waals surface area contributed by atoms with E-state index >= 15 is 0 Å². The summed E-state index contributed by atoms with van der Waals surface area (Å²) in [4.78, 5) is 24.0. The van der Waals surface area contributed by atoms with E-state index in [9.17, 15) is 9.59 Å². The van der Waals surface area contributed by atoms with Crippen LogP contribution in [0, 0.1) is 0 Å². The molecule has 34 heavy (non-hydrogen) atoms.